The van der Waals surface area contributed by atoms with E-state index >= 15 is 0 Å². The van der Waals surface area contributed by atoms with E-state index in [0.717, 1.165) is 12.8 Å². The van der Waals surface area contributed by atoms with Gasteiger partial charge in [0.15, 0.2) is 0 Å². The molecule has 2 amide bonds. The number of ether oxygens (including phenoxy) is 1. The summed E-state index contributed by atoms with van der Waals surface area (Å²) in [6.45, 7) is 1.04. The number of morpholine rings is 1. The van der Waals surface area contributed by atoms with Crippen molar-refractivity contribution in [3.8, 4) is 0 Å². The SMILES string of the molecule is NC(=S)CNC(=O)C(=O)N1CC2CCC(C1)O2. The molecule has 0 aliphatic carbocycles. The van der Waals surface area contributed by atoms with Gasteiger partial charge in [-0.15, -0.1) is 0 Å². The number of hydrogen-bond donors (Lipinski definition) is 2. The van der Waals surface area contributed by atoms with Gasteiger partial charge in [-0.1, -0.05) is 12.2 Å². The van der Waals surface area contributed by atoms with Gasteiger partial charge in [0.05, 0.1) is 23.7 Å². The van der Waals surface area contributed by atoms with Crippen LogP contribution in [0.3, 0.4) is 0 Å². The Hall–Kier alpha value is -1.21. The van der Waals surface area contributed by atoms with Gasteiger partial charge >= 0.3 is 11.8 Å². The number of nitrogens with two attached hydrogens (primary N) is 1. The molecule has 2 unspecified atom stereocenters. The molecule has 2 saturated heterocycles. The molecular formula is C10H15N3O3S. The Kier molecular flexibility index (Phi) is 3.58. The van der Waals surface area contributed by atoms with Gasteiger partial charge in [0.1, 0.15) is 0 Å². The minimum absolute atomic E-state index is 0.0527. The highest BCUT2D eigenvalue weighted by Crippen LogP contribution is 2.26. The Bertz CT molecular complexity index is 349. The molecule has 7 heteroatoms. The molecule has 2 fully saturated rings. The molecule has 2 heterocycles. The Morgan fingerprint density at radius 1 is 1.35 bits per heavy atom. The molecule has 0 aromatic rings. The summed E-state index contributed by atoms with van der Waals surface area (Å²) in [6, 6.07) is 0. The van der Waals surface area contributed by atoms with Crippen molar-refractivity contribution < 1.29 is 14.3 Å². The van der Waals surface area contributed by atoms with E-state index in [1.165, 1.54) is 0 Å². The minimum atomic E-state index is -0.654. The fourth-order valence-electron chi connectivity index (χ4n) is 2.17. The van der Waals surface area contributed by atoms with Gasteiger partial charge in [-0.25, -0.2) is 0 Å². The monoisotopic (exact) mass is 257 g/mol. The molecule has 0 spiro atoms. The maximum atomic E-state index is 11.8. The third-order valence-electron chi connectivity index (χ3n) is 2.95. The van der Waals surface area contributed by atoms with Crippen molar-refractivity contribution in [2.75, 3.05) is 19.6 Å². The number of carbonyl (C=O) groups is 2. The fraction of sp³-hybridized carbons (Fsp3) is 0.700. The van der Waals surface area contributed by atoms with Crippen LogP contribution in [0.4, 0.5) is 0 Å². The Morgan fingerprint density at radius 3 is 2.47 bits per heavy atom. The summed E-state index contributed by atoms with van der Waals surface area (Å²) < 4.78 is 5.59. The molecule has 2 rings (SSSR count). The maximum Gasteiger partial charge on any atom is 0.312 e. The molecule has 3 N–H and O–H groups in total. The van der Waals surface area contributed by atoms with Crippen LogP contribution in [0, 0.1) is 0 Å². The van der Waals surface area contributed by atoms with Crippen LogP contribution in [0.15, 0.2) is 0 Å². The number of nitrogens with zero attached hydrogens (tertiary/aromatic N) is 1. The van der Waals surface area contributed by atoms with E-state index in [9.17, 15) is 9.59 Å². The van der Waals surface area contributed by atoms with E-state index in [0.29, 0.717) is 13.1 Å². The zero-order valence-corrected chi connectivity index (χ0v) is 10.2. The van der Waals surface area contributed by atoms with E-state index in [1.54, 1.807) is 4.90 Å². The summed E-state index contributed by atoms with van der Waals surface area (Å²) in [5, 5.41) is 2.39. The standard InChI is InChI=1S/C10H15N3O3S/c11-8(17)3-12-9(14)10(15)13-4-6-1-2-7(5-13)16-6/h6-7H,1-5H2,(H2,11,17)(H,12,14). The number of rotatable bonds is 2. The first-order valence-corrected chi connectivity index (χ1v) is 5.98. The topological polar surface area (TPSA) is 84.7 Å². The van der Waals surface area contributed by atoms with E-state index in [1.807, 2.05) is 0 Å². The van der Waals surface area contributed by atoms with Crippen LogP contribution in [0.1, 0.15) is 12.8 Å². The third kappa shape index (κ3) is 2.92. The first-order valence-electron chi connectivity index (χ1n) is 5.57. The van der Waals surface area contributed by atoms with Crippen LogP contribution in [0.25, 0.3) is 0 Å². The predicted octanol–water partition coefficient (Wildman–Crippen LogP) is -1.22. The first kappa shape index (κ1) is 12.3. The molecule has 2 aliphatic rings. The molecule has 2 atom stereocenters. The smallest absolute Gasteiger partial charge is 0.312 e. The minimum Gasteiger partial charge on any atom is -0.392 e. The van der Waals surface area contributed by atoms with Crippen LogP contribution in [-0.2, 0) is 14.3 Å². The van der Waals surface area contributed by atoms with Crippen LogP contribution in [-0.4, -0.2) is 53.5 Å². The number of carbonyl (C=O) groups excluding carboxylic acids is 2. The van der Waals surface area contributed by atoms with Gasteiger partial charge in [-0.05, 0) is 12.8 Å². The molecule has 2 aliphatic heterocycles. The van der Waals surface area contributed by atoms with Gasteiger partial charge in [0.25, 0.3) is 0 Å². The van der Waals surface area contributed by atoms with Crippen molar-refractivity contribution >= 4 is 29.0 Å². The van der Waals surface area contributed by atoms with Gasteiger partial charge in [-0.3, -0.25) is 9.59 Å². The highest BCUT2D eigenvalue weighted by atomic mass is 32.1. The van der Waals surface area contributed by atoms with Crippen LogP contribution >= 0.6 is 12.2 Å². The van der Waals surface area contributed by atoms with Crippen molar-refractivity contribution in [1.82, 2.24) is 10.2 Å². The number of amides is 2. The summed E-state index contributed by atoms with van der Waals surface area (Å²) >= 11 is 4.62. The van der Waals surface area contributed by atoms with Crippen molar-refractivity contribution in [3.05, 3.63) is 0 Å². The predicted molar refractivity (Wildman–Crippen MR) is 64.3 cm³/mol. The van der Waals surface area contributed by atoms with Crippen LogP contribution in [0.5, 0.6) is 0 Å². The number of nitrogens with one attached hydrogen (secondary N) is 1. The molecule has 6 nitrogen and oxygen atoms in total. The Labute approximate surface area is 104 Å². The highest BCUT2D eigenvalue weighted by molar-refractivity contribution is 7.80. The van der Waals surface area contributed by atoms with Crippen molar-refractivity contribution in [2.24, 2.45) is 5.73 Å². The summed E-state index contributed by atoms with van der Waals surface area (Å²) in [4.78, 5) is 25.0. The quantitative estimate of drug-likeness (QED) is 0.478. The lowest BCUT2D eigenvalue weighted by atomic mass is 10.2. The molecular weight excluding hydrogens is 242 g/mol. The molecule has 0 aromatic heterocycles. The van der Waals surface area contributed by atoms with Gasteiger partial charge in [0, 0.05) is 13.1 Å². The molecule has 17 heavy (non-hydrogen) atoms. The summed E-state index contributed by atoms with van der Waals surface area (Å²) in [5.74, 6) is -1.18. The summed E-state index contributed by atoms with van der Waals surface area (Å²) in [5.41, 5.74) is 5.25. The first-order chi connectivity index (χ1) is 8.06. The maximum absolute atomic E-state index is 11.8. The molecule has 0 saturated carbocycles. The van der Waals surface area contributed by atoms with Gasteiger partial charge < -0.3 is 20.7 Å². The van der Waals surface area contributed by atoms with E-state index < -0.39 is 11.8 Å². The van der Waals surface area contributed by atoms with Gasteiger partial charge in [0.2, 0.25) is 0 Å². The van der Waals surface area contributed by atoms with Crippen LogP contribution in [0.2, 0.25) is 0 Å². The van der Waals surface area contributed by atoms with E-state index in [2.05, 4.69) is 17.5 Å². The van der Waals surface area contributed by atoms with Crippen LogP contribution < -0.4 is 11.1 Å². The lowest BCUT2D eigenvalue weighted by Gasteiger charge is -2.31. The zero-order valence-electron chi connectivity index (χ0n) is 9.35. The second-order valence-corrected chi connectivity index (χ2v) is 4.84. The molecule has 2 bridgehead atoms. The Balaban J connectivity index is 1.87. The average molecular weight is 257 g/mol. The summed E-state index contributed by atoms with van der Waals surface area (Å²) in [6.07, 6.45) is 2.09. The number of likely N-dealkylation sites (tertiary alicyclic amines) is 1. The van der Waals surface area contributed by atoms with Gasteiger partial charge in [-0.2, -0.15) is 0 Å². The van der Waals surface area contributed by atoms with Crippen molar-refractivity contribution in [2.45, 2.75) is 25.0 Å². The number of hydrogen-bond acceptors (Lipinski definition) is 4. The second kappa shape index (κ2) is 4.97. The van der Waals surface area contributed by atoms with E-state index in [-0.39, 0.29) is 23.7 Å². The molecule has 0 radical (unpaired) electrons. The Morgan fingerprint density at radius 2 is 1.94 bits per heavy atom. The van der Waals surface area contributed by atoms with Crippen molar-refractivity contribution in [3.63, 3.8) is 0 Å². The largest absolute Gasteiger partial charge is 0.392 e. The molecule has 94 valence electrons. The zero-order chi connectivity index (χ0) is 12.4. The highest BCUT2D eigenvalue weighted by Gasteiger charge is 2.37. The lowest BCUT2D eigenvalue weighted by Crippen LogP contribution is -2.51. The fourth-order valence-corrected chi connectivity index (χ4v) is 2.24. The normalized spacial score (nSPS) is 26.7. The summed E-state index contributed by atoms with van der Waals surface area (Å²) in [7, 11) is 0. The lowest BCUT2D eigenvalue weighted by molar-refractivity contribution is -0.151. The van der Waals surface area contributed by atoms with E-state index in [4.69, 9.17) is 10.5 Å². The second-order valence-electron chi connectivity index (χ2n) is 4.32. The number of thiocarbonyl (C=S) groups is 1. The molecule has 0 aromatic carbocycles. The third-order valence-corrected chi connectivity index (χ3v) is 3.09. The number of fused-ring (bicyclic) bond motifs is 2. The average Bonchev–Trinajstić information content (AvgIpc) is 2.64. The van der Waals surface area contributed by atoms with Crippen molar-refractivity contribution in [1.29, 1.82) is 0 Å².